The van der Waals surface area contributed by atoms with Crippen molar-refractivity contribution in [2.24, 2.45) is 0 Å². The largest absolute Gasteiger partial charge is 0.352 e. The number of hydrogen-bond donors (Lipinski definition) is 2. The fraction of sp³-hybridized carbons (Fsp3) is 0.316. The zero-order valence-corrected chi connectivity index (χ0v) is 17.4. The average Bonchev–Trinajstić information content (AvgIpc) is 2.63. The second-order valence-corrected chi connectivity index (χ2v) is 8.78. The van der Waals surface area contributed by atoms with Crippen LogP contribution < -0.4 is 10.0 Å². The molecule has 2 rings (SSSR count). The number of hydrogen-bond acceptors (Lipinski definition) is 3. The second kappa shape index (κ2) is 9.55. The molecule has 0 aromatic heterocycles. The summed E-state index contributed by atoms with van der Waals surface area (Å²) in [5, 5.41) is 3.10. The first kappa shape index (κ1) is 21.7. The lowest BCUT2D eigenvalue weighted by atomic mass is 10.1. The SMILES string of the molecule is CC[C@@H](C)NC(=O)[C@@H](Cc1ccccc1)NS(=O)(=O)c1cc(Cl)ccc1Cl. The summed E-state index contributed by atoms with van der Waals surface area (Å²) < 4.78 is 28.1. The van der Waals surface area contributed by atoms with Gasteiger partial charge in [0.1, 0.15) is 10.9 Å². The second-order valence-electron chi connectivity index (χ2n) is 6.26. The molecule has 0 bridgehead atoms. The Morgan fingerprint density at radius 3 is 2.41 bits per heavy atom. The lowest BCUT2D eigenvalue weighted by Crippen LogP contribution is -2.50. The third-order valence-electron chi connectivity index (χ3n) is 4.08. The number of nitrogens with one attached hydrogen (secondary N) is 2. The van der Waals surface area contributed by atoms with Crippen LogP contribution in [0.2, 0.25) is 10.0 Å². The van der Waals surface area contributed by atoms with Crippen LogP contribution in [0.4, 0.5) is 0 Å². The van der Waals surface area contributed by atoms with Crippen molar-refractivity contribution >= 4 is 39.1 Å². The minimum atomic E-state index is -4.05. The summed E-state index contributed by atoms with van der Waals surface area (Å²) in [5.41, 5.74) is 0.835. The topological polar surface area (TPSA) is 75.3 Å². The maximum atomic E-state index is 12.8. The third-order valence-corrected chi connectivity index (χ3v) is 6.27. The summed E-state index contributed by atoms with van der Waals surface area (Å²) >= 11 is 11.9. The quantitative estimate of drug-likeness (QED) is 0.671. The van der Waals surface area contributed by atoms with Crippen LogP contribution in [-0.4, -0.2) is 26.4 Å². The van der Waals surface area contributed by atoms with Crippen molar-refractivity contribution in [1.29, 1.82) is 0 Å². The number of halogens is 2. The van der Waals surface area contributed by atoms with E-state index >= 15 is 0 Å². The highest BCUT2D eigenvalue weighted by Crippen LogP contribution is 2.25. The predicted octanol–water partition coefficient (Wildman–Crippen LogP) is 3.80. The molecule has 0 fully saturated rings. The molecule has 0 aliphatic rings. The van der Waals surface area contributed by atoms with E-state index < -0.39 is 22.0 Å². The molecule has 2 atom stereocenters. The van der Waals surface area contributed by atoms with E-state index in [1.807, 2.05) is 44.2 Å². The third kappa shape index (κ3) is 6.21. The van der Waals surface area contributed by atoms with E-state index in [9.17, 15) is 13.2 Å². The Balaban J connectivity index is 2.32. The highest BCUT2D eigenvalue weighted by molar-refractivity contribution is 7.89. The van der Waals surface area contributed by atoms with Gasteiger partial charge >= 0.3 is 0 Å². The van der Waals surface area contributed by atoms with Crippen LogP contribution in [0.5, 0.6) is 0 Å². The van der Waals surface area contributed by atoms with E-state index in [4.69, 9.17) is 23.2 Å². The predicted molar refractivity (Wildman–Crippen MR) is 109 cm³/mol. The Bertz CT molecular complexity index is 889. The molecule has 0 saturated heterocycles. The van der Waals surface area contributed by atoms with Gasteiger partial charge in [-0.25, -0.2) is 8.42 Å². The number of carbonyl (C=O) groups excluding carboxylic acids is 1. The fourth-order valence-corrected chi connectivity index (χ4v) is 4.37. The molecule has 0 aliphatic carbocycles. The Kier molecular flexibility index (Phi) is 7.68. The van der Waals surface area contributed by atoms with Crippen molar-refractivity contribution < 1.29 is 13.2 Å². The van der Waals surface area contributed by atoms with Gasteiger partial charge in [0.25, 0.3) is 0 Å². The minimum Gasteiger partial charge on any atom is -0.352 e. The van der Waals surface area contributed by atoms with Crippen LogP contribution in [0.1, 0.15) is 25.8 Å². The van der Waals surface area contributed by atoms with Crippen LogP contribution in [-0.2, 0) is 21.2 Å². The van der Waals surface area contributed by atoms with Gasteiger partial charge in [0, 0.05) is 11.1 Å². The van der Waals surface area contributed by atoms with Crippen molar-refractivity contribution in [1.82, 2.24) is 10.0 Å². The first-order valence-electron chi connectivity index (χ1n) is 8.54. The number of sulfonamides is 1. The van der Waals surface area contributed by atoms with E-state index in [-0.39, 0.29) is 27.4 Å². The van der Waals surface area contributed by atoms with E-state index in [0.717, 1.165) is 12.0 Å². The number of rotatable bonds is 8. The fourth-order valence-electron chi connectivity index (χ4n) is 2.42. The molecule has 8 heteroatoms. The minimum absolute atomic E-state index is 0.0349. The molecule has 0 radical (unpaired) electrons. The summed E-state index contributed by atoms with van der Waals surface area (Å²) in [7, 11) is -4.05. The Labute approximate surface area is 170 Å². The molecule has 0 heterocycles. The van der Waals surface area contributed by atoms with Crippen LogP contribution in [0.3, 0.4) is 0 Å². The van der Waals surface area contributed by atoms with Gasteiger partial charge in [-0.3, -0.25) is 4.79 Å². The number of benzene rings is 2. The summed E-state index contributed by atoms with van der Waals surface area (Å²) in [6.45, 7) is 3.80. The van der Waals surface area contributed by atoms with Crippen molar-refractivity contribution in [2.45, 2.75) is 43.7 Å². The molecule has 5 nitrogen and oxygen atoms in total. The van der Waals surface area contributed by atoms with E-state index in [0.29, 0.717) is 0 Å². The van der Waals surface area contributed by atoms with Gasteiger partial charge in [-0.05, 0) is 43.5 Å². The van der Waals surface area contributed by atoms with Gasteiger partial charge in [-0.15, -0.1) is 0 Å². The molecule has 2 aromatic rings. The average molecular weight is 429 g/mol. The van der Waals surface area contributed by atoms with Crippen LogP contribution in [0, 0.1) is 0 Å². The smallest absolute Gasteiger partial charge is 0.242 e. The maximum Gasteiger partial charge on any atom is 0.242 e. The van der Waals surface area contributed by atoms with E-state index in [1.54, 1.807) is 0 Å². The molecule has 0 aliphatic heterocycles. The highest BCUT2D eigenvalue weighted by atomic mass is 35.5. The molecule has 2 aromatic carbocycles. The van der Waals surface area contributed by atoms with Gasteiger partial charge < -0.3 is 5.32 Å². The Morgan fingerprint density at radius 1 is 1.11 bits per heavy atom. The Morgan fingerprint density at radius 2 is 1.78 bits per heavy atom. The lowest BCUT2D eigenvalue weighted by Gasteiger charge is -2.21. The van der Waals surface area contributed by atoms with Crippen LogP contribution in [0.15, 0.2) is 53.4 Å². The van der Waals surface area contributed by atoms with Gasteiger partial charge in [0.2, 0.25) is 15.9 Å². The molecular formula is C19H22Cl2N2O3S. The van der Waals surface area contributed by atoms with Crippen molar-refractivity contribution in [3.05, 3.63) is 64.1 Å². The number of carbonyl (C=O) groups is 1. The van der Waals surface area contributed by atoms with Crippen molar-refractivity contribution in [3.8, 4) is 0 Å². The van der Waals surface area contributed by atoms with Gasteiger partial charge in [-0.1, -0.05) is 60.5 Å². The summed E-state index contributed by atoms with van der Waals surface area (Å²) in [6, 6.07) is 12.3. The first-order chi connectivity index (χ1) is 12.7. The summed E-state index contributed by atoms with van der Waals surface area (Å²) in [4.78, 5) is 12.5. The molecule has 27 heavy (non-hydrogen) atoms. The zero-order chi connectivity index (χ0) is 20.0. The summed E-state index contributed by atoms with van der Waals surface area (Å²) in [6.07, 6.45) is 0.942. The first-order valence-corrected chi connectivity index (χ1v) is 10.8. The standard InChI is InChI=1S/C19H22Cl2N2O3S/c1-3-13(2)22-19(24)17(11-14-7-5-4-6-8-14)23-27(25,26)18-12-15(20)9-10-16(18)21/h4-10,12-13,17,23H,3,11H2,1-2H3,(H,22,24)/t13-,17-/m1/s1. The molecule has 1 amide bonds. The summed E-state index contributed by atoms with van der Waals surface area (Å²) in [5.74, 6) is -0.394. The highest BCUT2D eigenvalue weighted by Gasteiger charge is 2.28. The van der Waals surface area contributed by atoms with Crippen molar-refractivity contribution in [3.63, 3.8) is 0 Å². The van der Waals surface area contributed by atoms with E-state index in [1.165, 1.54) is 18.2 Å². The molecule has 2 N–H and O–H groups in total. The lowest BCUT2D eigenvalue weighted by molar-refractivity contribution is -0.123. The molecule has 0 saturated carbocycles. The molecule has 146 valence electrons. The van der Waals surface area contributed by atoms with Gasteiger partial charge in [0.15, 0.2) is 0 Å². The normalized spacial score (nSPS) is 13.8. The van der Waals surface area contributed by atoms with Gasteiger partial charge in [-0.2, -0.15) is 4.72 Å². The Hall–Kier alpha value is -1.60. The molecule has 0 unspecified atom stereocenters. The molecular weight excluding hydrogens is 407 g/mol. The van der Waals surface area contributed by atoms with Crippen LogP contribution >= 0.6 is 23.2 Å². The van der Waals surface area contributed by atoms with Gasteiger partial charge in [0.05, 0.1) is 5.02 Å². The van der Waals surface area contributed by atoms with Crippen LogP contribution in [0.25, 0.3) is 0 Å². The zero-order valence-electron chi connectivity index (χ0n) is 15.1. The van der Waals surface area contributed by atoms with Crippen molar-refractivity contribution in [2.75, 3.05) is 0 Å². The maximum absolute atomic E-state index is 12.8. The monoisotopic (exact) mass is 428 g/mol. The molecule has 0 spiro atoms. The van der Waals surface area contributed by atoms with E-state index in [2.05, 4.69) is 10.0 Å². The number of amides is 1.